The maximum absolute atomic E-state index is 12.3. The third-order valence-electron chi connectivity index (χ3n) is 5.18. The van der Waals surface area contributed by atoms with Gasteiger partial charge in [0.05, 0.1) is 19.3 Å². The quantitative estimate of drug-likeness (QED) is 0.767. The average Bonchev–Trinajstić information content (AvgIpc) is 2.73. The van der Waals surface area contributed by atoms with Gasteiger partial charge >= 0.3 is 6.03 Å². The second-order valence-electron chi connectivity index (χ2n) is 7.40. The predicted octanol–water partition coefficient (Wildman–Crippen LogP) is 3.78. The molecule has 3 rings (SSSR count). The molecule has 2 aromatic rings. The SMILES string of the molecule is CC[C@H](NC(=O)NCc1ccc(CN2CCOCC2)cc1)c1ccc(C)cc1. The summed E-state index contributed by atoms with van der Waals surface area (Å²) in [6.45, 7) is 9.23. The van der Waals surface area contributed by atoms with Crippen LogP contribution in [0.15, 0.2) is 48.5 Å². The Bertz CT molecular complexity index is 737. The second-order valence-corrected chi connectivity index (χ2v) is 7.40. The number of urea groups is 1. The van der Waals surface area contributed by atoms with Gasteiger partial charge in [-0.2, -0.15) is 0 Å². The zero-order valence-electron chi connectivity index (χ0n) is 16.9. The first kappa shape index (κ1) is 20.4. The maximum Gasteiger partial charge on any atom is 0.315 e. The molecular formula is C23H31N3O2. The van der Waals surface area contributed by atoms with Crippen LogP contribution in [0.1, 0.15) is 41.6 Å². The summed E-state index contributed by atoms with van der Waals surface area (Å²) in [5, 5.41) is 6.04. The lowest BCUT2D eigenvalue weighted by Crippen LogP contribution is -2.37. The second kappa shape index (κ2) is 10.2. The number of nitrogens with zero attached hydrogens (tertiary/aromatic N) is 1. The molecule has 1 heterocycles. The van der Waals surface area contributed by atoms with E-state index in [1.54, 1.807) is 0 Å². The van der Waals surface area contributed by atoms with E-state index in [1.165, 1.54) is 11.1 Å². The minimum atomic E-state index is -0.134. The number of carbonyl (C=O) groups excluding carboxylic acids is 1. The van der Waals surface area contributed by atoms with Gasteiger partial charge in [0.1, 0.15) is 0 Å². The van der Waals surface area contributed by atoms with E-state index in [0.29, 0.717) is 6.54 Å². The number of nitrogens with one attached hydrogen (secondary N) is 2. The fourth-order valence-corrected chi connectivity index (χ4v) is 3.39. The van der Waals surface area contributed by atoms with Gasteiger partial charge in [-0.15, -0.1) is 0 Å². The van der Waals surface area contributed by atoms with E-state index in [9.17, 15) is 4.79 Å². The van der Waals surface area contributed by atoms with Crippen molar-refractivity contribution in [1.82, 2.24) is 15.5 Å². The average molecular weight is 382 g/mol. The number of rotatable bonds is 7. The largest absolute Gasteiger partial charge is 0.379 e. The molecule has 0 radical (unpaired) electrons. The van der Waals surface area contributed by atoms with Crippen LogP contribution in [0.25, 0.3) is 0 Å². The van der Waals surface area contributed by atoms with Crippen LogP contribution in [0.5, 0.6) is 0 Å². The zero-order valence-corrected chi connectivity index (χ0v) is 16.9. The first-order valence-electron chi connectivity index (χ1n) is 10.1. The lowest BCUT2D eigenvalue weighted by Gasteiger charge is -2.26. The minimum absolute atomic E-state index is 0.0245. The number of amides is 2. The van der Waals surface area contributed by atoms with E-state index in [0.717, 1.165) is 50.4 Å². The van der Waals surface area contributed by atoms with Gasteiger partial charge in [0.15, 0.2) is 0 Å². The molecule has 5 heteroatoms. The Kier molecular flexibility index (Phi) is 7.46. The molecule has 5 nitrogen and oxygen atoms in total. The Balaban J connectivity index is 1.46. The topological polar surface area (TPSA) is 53.6 Å². The van der Waals surface area contributed by atoms with Gasteiger partial charge in [0.2, 0.25) is 0 Å². The molecule has 2 N–H and O–H groups in total. The van der Waals surface area contributed by atoms with E-state index in [4.69, 9.17) is 4.74 Å². The summed E-state index contributed by atoms with van der Waals surface area (Å²) < 4.78 is 5.39. The van der Waals surface area contributed by atoms with Crippen LogP contribution >= 0.6 is 0 Å². The summed E-state index contributed by atoms with van der Waals surface area (Å²) in [6, 6.07) is 16.7. The molecule has 1 atom stereocenters. The molecular weight excluding hydrogens is 350 g/mol. The number of hydrogen-bond acceptors (Lipinski definition) is 3. The highest BCUT2D eigenvalue weighted by molar-refractivity contribution is 5.74. The third-order valence-corrected chi connectivity index (χ3v) is 5.18. The van der Waals surface area contributed by atoms with Gasteiger partial charge in [-0.3, -0.25) is 4.90 Å². The Morgan fingerprint density at radius 1 is 1.04 bits per heavy atom. The highest BCUT2D eigenvalue weighted by Crippen LogP contribution is 2.17. The summed E-state index contributed by atoms with van der Waals surface area (Å²) in [5.74, 6) is 0. The van der Waals surface area contributed by atoms with Crippen molar-refractivity contribution in [3.8, 4) is 0 Å². The summed E-state index contributed by atoms with van der Waals surface area (Å²) in [6.07, 6.45) is 0.854. The van der Waals surface area contributed by atoms with E-state index >= 15 is 0 Å². The molecule has 1 aliphatic rings. The predicted molar refractivity (Wildman–Crippen MR) is 112 cm³/mol. The van der Waals surface area contributed by atoms with Crippen molar-refractivity contribution >= 4 is 6.03 Å². The minimum Gasteiger partial charge on any atom is -0.379 e. The van der Waals surface area contributed by atoms with Gasteiger partial charge in [-0.05, 0) is 30.0 Å². The molecule has 0 unspecified atom stereocenters. The van der Waals surface area contributed by atoms with Gasteiger partial charge < -0.3 is 15.4 Å². The van der Waals surface area contributed by atoms with Crippen LogP contribution in [-0.2, 0) is 17.8 Å². The number of morpholine rings is 1. The van der Waals surface area contributed by atoms with Crippen molar-refractivity contribution in [1.29, 1.82) is 0 Å². The lowest BCUT2D eigenvalue weighted by molar-refractivity contribution is 0.0342. The summed E-state index contributed by atoms with van der Waals surface area (Å²) in [7, 11) is 0. The van der Waals surface area contributed by atoms with Crippen molar-refractivity contribution in [3.05, 3.63) is 70.8 Å². The molecule has 2 aromatic carbocycles. The van der Waals surface area contributed by atoms with Gasteiger partial charge in [0, 0.05) is 26.2 Å². The molecule has 0 saturated carbocycles. The first-order valence-corrected chi connectivity index (χ1v) is 10.1. The van der Waals surface area contributed by atoms with Crippen LogP contribution in [0.4, 0.5) is 4.79 Å². The Hall–Kier alpha value is -2.37. The highest BCUT2D eigenvalue weighted by atomic mass is 16.5. The van der Waals surface area contributed by atoms with Gasteiger partial charge in [-0.1, -0.05) is 61.0 Å². The zero-order chi connectivity index (χ0) is 19.8. The Morgan fingerprint density at radius 3 is 2.32 bits per heavy atom. The maximum atomic E-state index is 12.3. The van der Waals surface area contributed by atoms with Crippen LogP contribution in [0.3, 0.4) is 0 Å². The Labute approximate surface area is 168 Å². The molecule has 0 aliphatic carbocycles. The van der Waals surface area contributed by atoms with Gasteiger partial charge in [0.25, 0.3) is 0 Å². The molecule has 1 aliphatic heterocycles. The monoisotopic (exact) mass is 381 g/mol. The van der Waals surface area contributed by atoms with Crippen molar-refractivity contribution < 1.29 is 9.53 Å². The van der Waals surface area contributed by atoms with E-state index in [-0.39, 0.29) is 12.1 Å². The van der Waals surface area contributed by atoms with Crippen LogP contribution in [0.2, 0.25) is 0 Å². The van der Waals surface area contributed by atoms with E-state index < -0.39 is 0 Å². The van der Waals surface area contributed by atoms with Crippen LogP contribution in [-0.4, -0.2) is 37.2 Å². The van der Waals surface area contributed by atoms with Crippen molar-refractivity contribution in [2.45, 2.75) is 39.4 Å². The van der Waals surface area contributed by atoms with Crippen molar-refractivity contribution in [3.63, 3.8) is 0 Å². The number of aryl methyl sites for hydroxylation is 1. The Morgan fingerprint density at radius 2 is 1.68 bits per heavy atom. The standard InChI is InChI=1S/C23H31N3O2/c1-3-22(21-10-4-18(2)5-11-21)25-23(27)24-16-19-6-8-20(9-7-19)17-26-12-14-28-15-13-26/h4-11,22H,3,12-17H2,1-2H3,(H2,24,25,27)/t22-/m0/s1. The van der Waals surface area contributed by atoms with Crippen LogP contribution in [0, 0.1) is 6.92 Å². The molecule has 1 saturated heterocycles. The van der Waals surface area contributed by atoms with Gasteiger partial charge in [-0.25, -0.2) is 4.79 Å². The summed E-state index contributed by atoms with van der Waals surface area (Å²) in [5.41, 5.74) is 4.75. The fraction of sp³-hybridized carbons (Fsp3) is 0.435. The molecule has 2 amide bonds. The van der Waals surface area contributed by atoms with E-state index in [1.807, 2.05) is 0 Å². The molecule has 0 aromatic heterocycles. The van der Waals surface area contributed by atoms with E-state index in [2.05, 4.69) is 77.9 Å². The highest BCUT2D eigenvalue weighted by Gasteiger charge is 2.13. The van der Waals surface area contributed by atoms with Crippen molar-refractivity contribution in [2.75, 3.05) is 26.3 Å². The fourth-order valence-electron chi connectivity index (χ4n) is 3.39. The smallest absolute Gasteiger partial charge is 0.315 e. The normalized spacial score (nSPS) is 15.8. The first-order chi connectivity index (χ1) is 13.6. The number of benzene rings is 2. The van der Waals surface area contributed by atoms with Crippen molar-refractivity contribution in [2.24, 2.45) is 0 Å². The lowest BCUT2D eigenvalue weighted by atomic mass is 10.0. The van der Waals surface area contributed by atoms with Crippen LogP contribution < -0.4 is 10.6 Å². The third kappa shape index (κ3) is 6.08. The number of ether oxygens (including phenoxy) is 1. The molecule has 150 valence electrons. The molecule has 1 fully saturated rings. The number of carbonyl (C=O) groups is 1. The number of hydrogen-bond donors (Lipinski definition) is 2. The molecule has 0 spiro atoms. The molecule has 28 heavy (non-hydrogen) atoms. The summed E-state index contributed by atoms with van der Waals surface area (Å²) >= 11 is 0. The molecule has 0 bridgehead atoms. The summed E-state index contributed by atoms with van der Waals surface area (Å²) in [4.78, 5) is 14.7.